The van der Waals surface area contributed by atoms with Gasteiger partial charge in [-0.2, -0.15) is 0 Å². The normalized spacial score (nSPS) is 19.9. The van der Waals surface area contributed by atoms with Crippen LogP contribution in [0.15, 0.2) is 48.5 Å². The first-order valence-corrected chi connectivity index (χ1v) is 11.2. The van der Waals surface area contributed by atoms with Crippen molar-refractivity contribution in [2.24, 2.45) is 0 Å². The van der Waals surface area contributed by atoms with E-state index in [1.165, 1.54) is 27.9 Å². The molecule has 0 N–H and O–H groups in total. The number of aromatic nitrogens is 2. The van der Waals surface area contributed by atoms with Gasteiger partial charge in [-0.3, -0.25) is 0 Å². The first-order valence-electron chi connectivity index (χ1n) is 11.2. The molecule has 5 rings (SSSR count). The van der Waals surface area contributed by atoms with E-state index < -0.39 is 0 Å². The SMILES string of the molecule is Cc1ccccc1-c1nc2n(c1C)CCc1ccccc1C2OC1CCN(C)CC1. The Bertz CT molecular complexity index is 1050. The minimum Gasteiger partial charge on any atom is -0.362 e. The summed E-state index contributed by atoms with van der Waals surface area (Å²) in [7, 11) is 2.20. The number of hydrogen-bond donors (Lipinski definition) is 0. The van der Waals surface area contributed by atoms with Gasteiger partial charge in [0.15, 0.2) is 0 Å². The van der Waals surface area contributed by atoms with E-state index in [4.69, 9.17) is 9.72 Å². The molecule has 0 bridgehead atoms. The number of nitrogens with zero attached hydrogens (tertiary/aromatic N) is 3. The highest BCUT2D eigenvalue weighted by Crippen LogP contribution is 2.37. The fourth-order valence-corrected chi connectivity index (χ4v) is 4.97. The minimum atomic E-state index is -0.103. The lowest BCUT2D eigenvalue weighted by Crippen LogP contribution is -2.35. The van der Waals surface area contributed by atoms with E-state index in [2.05, 4.69) is 78.9 Å². The maximum atomic E-state index is 6.84. The van der Waals surface area contributed by atoms with Crippen LogP contribution in [0.4, 0.5) is 0 Å². The molecule has 3 aromatic rings. The zero-order valence-electron chi connectivity index (χ0n) is 18.3. The van der Waals surface area contributed by atoms with E-state index in [0.717, 1.165) is 50.4 Å². The van der Waals surface area contributed by atoms with Crippen molar-refractivity contribution >= 4 is 0 Å². The highest BCUT2D eigenvalue weighted by molar-refractivity contribution is 5.66. The van der Waals surface area contributed by atoms with Gasteiger partial charge < -0.3 is 14.2 Å². The highest BCUT2D eigenvalue weighted by atomic mass is 16.5. The van der Waals surface area contributed by atoms with Gasteiger partial charge in [0, 0.05) is 30.9 Å². The second kappa shape index (κ2) is 8.01. The summed E-state index contributed by atoms with van der Waals surface area (Å²) in [6, 6.07) is 17.3. The largest absolute Gasteiger partial charge is 0.362 e. The molecule has 1 fully saturated rings. The molecule has 2 aliphatic heterocycles. The van der Waals surface area contributed by atoms with Crippen LogP contribution in [0.3, 0.4) is 0 Å². The van der Waals surface area contributed by atoms with Crippen molar-refractivity contribution in [3.05, 3.63) is 76.7 Å². The van der Waals surface area contributed by atoms with E-state index >= 15 is 0 Å². The standard InChI is InChI=1S/C26H31N3O/c1-18-8-4-6-10-22(18)24-19(2)29-17-12-20-9-5-7-11-23(20)25(26(29)27-24)30-21-13-15-28(3)16-14-21/h4-11,21,25H,12-17H2,1-3H3. The van der Waals surface area contributed by atoms with Gasteiger partial charge in [0.05, 0.1) is 11.8 Å². The van der Waals surface area contributed by atoms with Gasteiger partial charge >= 0.3 is 0 Å². The van der Waals surface area contributed by atoms with Crippen LogP contribution >= 0.6 is 0 Å². The summed E-state index contributed by atoms with van der Waals surface area (Å²) >= 11 is 0. The Kier molecular flexibility index (Phi) is 5.21. The Balaban J connectivity index is 1.59. The van der Waals surface area contributed by atoms with Gasteiger partial charge in [0.25, 0.3) is 0 Å². The van der Waals surface area contributed by atoms with Crippen LogP contribution in [0, 0.1) is 13.8 Å². The smallest absolute Gasteiger partial charge is 0.143 e. The van der Waals surface area contributed by atoms with E-state index in [1.54, 1.807) is 0 Å². The average molecular weight is 402 g/mol. The molecule has 4 nitrogen and oxygen atoms in total. The van der Waals surface area contributed by atoms with Gasteiger partial charge in [-0.1, -0.05) is 48.5 Å². The number of benzene rings is 2. The third-order valence-corrected chi connectivity index (χ3v) is 6.82. The average Bonchev–Trinajstić information content (AvgIpc) is 2.99. The van der Waals surface area contributed by atoms with Crippen LogP contribution in [-0.2, 0) is 17.7 Å². The highest BCUT2D eigenvalue weighted by Gasteiger charge is 2.32. The van der Waals surface area contributed by atoms with E-state index in [9.17, 15) is 0 Å². The molecule has 2 aliphatic rings. The molecule has 1 saturated heterocycles. The molecule has 0 aliphatic carbocycles. The summed E-state index contributed by atoms with van der Waals surface area (Å²) < 4.78 is 9.24. The van der Waals surface area contributed by atoms with Gasteiger partial charge in [0.2, 0.25) is 0 Å². The third-order valence-electron chi connectivity index (χ3n) is 6.82. The number of ether oxygens (including phenoxy) is 1. The van der Waals surface area contributed by atoms with Crippen molar-refractivity contribution < 1.29 is 4.74 Å². The van der Waals surface area contributed by atoms with Gasteiger partial charge in [0.1, 0.15) is 11.9 Å². The lowest BCUT2D eigenvalue weighted by Gasteiger charge is -2.32. The molecule has 1 unspecified atom stereocenters. The Labute approximate surface area is 179 Å². The number of aryl methyl sites for hydroxylation is 2. The fourth-order valence-electron chi connectivity index (χ4n) is 4.97. The van der Waals surface area contributed by atoms with Gasteiger partial charge in [-0.25, -0.2) is 4.98 Å². The van der Waals surface area contributed by atoms with Crippen molar-refractivity contribution in [2.75, 3.05) is 20.1 Å². The maximum Gasteiger partial charge on any atom is 0.143 e. The summed E-state index contributed by atoms with van der Waals surface area (Å²) in [5.41, 5.74) is 7.50. The van der Waals surface area contributed by atoms with E-state index in [-0.39, 0.29) is 12.2 Å². The minimum absolute atomic E-state index is 0.103. The van der Waals surface area contributed by atoms with Crippen LogP contribution in [0.1, 0.15) is 47.2 Å². The zero-order valence-corrected chi connectivity index (χ0v) is 18.3. The molecule has 0 spiro atoms. The van der Waals surface area contributed by atoms with Crippen molar-refractivity contribution in [1.29, 1.82) is 0 Å². The van der Waals surface area contributed by atoms with Crippen molar-refractivity contribution in [3.63, 3.8) is 0 Å². The number of piperidine rings is 1. The molecular formula is C26H31N3O. The van der Waals surface area contributed by atoms with Crippen molar-refractivity contribution in [3.8, 4) is 11.3 Å². The molecule has 0 amide bonds. The summed E-state index contributed by atoms with van der Waals surface area (Å²) in [6.45, 7) is 7.52. The second-order valence-electron chi connectivity index (χ2n) is 8.84. The lowest BCUT2D eigenvalue weighted by molar-refractivity contribution is -0.0276. The molecule has 0 saturated carbocycles. The molecule has 2 aromatic carbocycles. The maximum absolute atomic E-state index is 6.84. The van der Waals surface area contributed by atoms with Crippen LogP contribution in [-0.4, -0.2) is 40.7 Å². The monoisotopic (exact) mass is 401 g/mol. The van der Waals surface area contributed by atoms with Crippen LogP contribution in [0.25, 0.3) is 11.3 Å². The number of rotatable bonds is 3. The summed E-state index contributed by atoms with van der Waals surface area (Å²) in [4.78, 5) is 7.62. The van der Waals surface area contributed by atoms with Crippen molar-refractivity contribution in [1.82, 2.24) is 14.5 Å². The molecule has 0 radical (unpaired) electrons. The van der Waals surface area contributed by atoms with Gasteiger partial charge in [-0.15, -0.1) is 0 Å². The third kappa shape index (κ3) is 3.48. The number of imidazole rings is 1. The molecule has 4 heteroatoms. The fraction of sp³-hybridized carbons (Fsp3) is 0.423. The predicted octanol–water partition coefficient (Wildman–Crippen LogP) is 4.92. The van der Waals surface area contributed by atoms with E-state index in [1.807, 2.05) is 0 Å². The predicted molar refractivity (Wildman–Crippen MR) is 121 cm³/mol. The van der Waals surface area contributed by atoms with Crippen LogP contribution < -0.4 is 0 Å². The summed E-state index contributed by atoms with van der Waals surface area (Å²) in [6.07, 6.45) is 3.36. The Hall–Kier alpha value is -2.43. The summed E-state index contributed by atoms with van der Waals surface area (Å²) in [5.74, 6) is 1.06. The first kappa shape index (κ1) is 19.5. The van der Waals surface area contributed by atoms with Crippen LogP contribution in [0.5, 0.6) is 0 Å². The number of hydrogen-bond acceptors (Lipinski definition) is 3. The van der Waals surface area contributed by atoms with Crippen molar-refractivity contribution in [2.45, 2.75) is 51.9 Å². The summed E-state index contributed by atoms with van der Waals surface area (Å²) in [5, 5.41) is 0. The molecule has 1 atom stereocenters. The number of fused-ring (bicyclic) bond motifs is 2. The molecular weight excluding hydrogens is 370 g/mol. The first-order chi connectivity index (χ1) is 14.6. The molecule has 1 aromatic heterocycles. The van der Waals surface area contributed by atoms with Crippen LogP contribution in [0.2, 0.25) is 0 Å². The number of likely N-dealkylation sites (tertiary alicyclic amines) is 1. The molecule has 3 heterocycles. The topological polar surface area (TPSA) is 30.3 Å². The Morgan fingerprint density at radius 3 is 2.47 bits per heavy atom. The van der Waals surface area contributed by atoms with Gasteiger partial charge in [-0.05, 0) is 56.8 Å². The lowest BCUT2D eigenvalue weighted by atomic mass is 9.99. The zero-order chi connectivity index (χ0) is 20.7. The molecule has 156 valence electrons. The van der Waals surface area contributed by atoms with E-state index in [0.29, 0.717) is 0 Å². The Morgan fingerprint density at radius 1 is 0.933 bits per heavy atom. The molecule has 30 heavy (non-hydrogen) atoms. The second-order valence-corrected chi connectivity index (χ2v) is 8.84. The quantitative estimate of drug-likeness (QED) is 0.624. The Morgan fingerprint density at radius 2 is 1.67 bits per heavy atom.